The molecule has 0 saturated heterocycles. The van der Waals surface area contributed by atoms with Crippen LogP contribution in [0.1, 0.15) is 91.9 Å². The van der Waals surface area contributed by atoms with Gasteiger partial charge in [-0.25, -0.2) is 0 Å². The minimum Gasteiger partial charge on any atom is -0.393 e. The second-order valence-electron chi connectivity index (χ2n) is 11.5. The van der Waals surface area contributed by atoms with Crippen LogP contribution in [0.3, 0.4) is 0 Å². The molecule has 0 heterocycles. The quantitative estimate of drug-likeness (QED) is 0.406. The van der Waals surface area contributed by atoms with Gasteiger partial charge in [0.05, 0.1) is 6.10 Å². The first-order chi connectivity index (χ1) is 12.7. The second-order valence-corrected chi connectivity index (χ2v) is 12.8. The van der Waals surface area contributed by atoms with Crippen LogP contribution in [-0.2, 0) is 0 Å². The van der Waals surface area contributed by atoms with Gasteiger partial charge in [-0.3, -0.25) is 0 Å². The third-order valence-electron chi connectivity index (χ3n) is 9.39. The summed E-state index contributed by atoms with van der Waals surface area (Å²) in [5, 5.41) is 10.1. The Hall–Kier alpha value is 0.0500. The van der Waals surface area contributed by atoms with E-state index in [0.717, 1.165) is 48.3 Å². The number of aliphatic hydroxyl groups excluding tert-OH is 1. The fourth-order valence-electron chi connectivity index (χ4n) is 8.01. The van der Waals surface area contributed by atoms with E-state index in [0.29, 0.717) is 5.41 Å². The van der Waals surface area contributed by atoms with Crippen LogP contribution in [0.4, 0.5) is 0 Å². The third-order valence-corrected chi connectivity index (χ3v) is 9.62. The van der Waals surface area contributed by atoms with Gasteiger partial charge >= 0.3 is 0 Å². The molecule has 4 aliphatic rings. The van der Waals surface area contributed by atoms with Crippen molar-refractivity contribution in [1.29, 1.82) is 0 Å². The molecule has 0 amide bonds. The fraction of sp³-hybridized carbons (Fsp3) is 0.920. The molecule has 0 bridgehead atoms. The van der Waals surface area contributed by atoms with Crippen molar-refractivity contribution >= 4 is 12.6 Å². The van der Waals surface area contributed by atoms with Crippen LogP contribution in [0.15, 0.2) is 11.6 Å². The number of hydrogen-bond acceptors (Lipinski definition) is 2. The average molecular weight is 391 g/mol. The highest BCUT2D eigenvalue weighted by molar-refractivity contribution is 7.81. The molecule has 0 aromatic carbocycles. The smallest absolute Gasteiger partial charge is 0.0577 e. The van der Waals surface area contributed by atoms with Crippen molar-refractivity contribution in [2.75, 3.05) is 0 Å². The predicted octanol–water partition coefficient (Wildman–Crippen LogP) is 6.66. The zero-order valence-electron chi connectivity index (χ0n) is 18.1. The topological polar surface area (TPSA) is 20.2 Å². The Morgan fingerprint density at radius 1 is 1.19 bits per heavy atom. The van der Waals surface area contributed by atoms with Crippen LogP contribution in [0, 0.1) is 40.9 Å². The summed E-state index contributed by atoms with van der Waals surface area (Å²) in [7, 11) is 0. The summed E-state index contributed by atoms with van der Waals surface area (Å²) in [5.41, 5.74) is 2.19. The van der Waals surface area contributed by atoms with Gasteiger partial charge in [-0.15, -0.1) is 0 Å². The molecule has 0 radical (unpaired) electrons. The average Bonchev–Trinajstić information content (AvgIpc) is 2.96. The first-order valence-electron chi connectivity index (χ1n) is 11.8. The summed E-state index contributed by atoms with van der Waals surface area (Å²) in [6.45, 7) is 9.73. The number of thiol groups is 1. The molecule has 0 aromatic heterocycles. The summed E-state index contributed by atoms with van der Waals surface area (Å²) in [6, 6.07) is 0. The van der Waals surface area contributed by atoms with Crippen LogP contribution in [0.25, 0.3) is 0 Å². The van der Waals surface area contributed by atoms with Crippen molar-refractivity contribution in [3.8, 4) is 0 Å². The largest absolute Gasteiger partial charge is 0.393 e. The molecule has 1 N–H and O–H groups in total. The maximum atomic E-state index is 10.1. The molecule has 4 unspecified atom stereocenters. The fourth-order valence-corrected chi connectivity index (χ4v) is 8.14. The maximum absolute atomic E-state index is 10.1. The van der Waals surface area contributed by atoms with Gasteiger partial charge in [0.1, 0.15) is 0 Å². The zero-order valence-corrected chi connectivity index (χ0v) is 19.0. The van der Waals surface area contributed by atoms with Gasteiger partial charge in [-0.05, 0) is 105 Å². The first kappa shape index (κ1) is 20.3. The van der Waals surface area contributed by atoms with Crippen LogP contribution in [-0.4, -0.2) is 16.0 Å². The van der Waals surface area contributed by atoms with E-state index in [4.69, 9.17) is 12.6 Å². The van der Waals surface area contributed by atoms with E-state index in [1.54, 1.807) is 5.57 Å². The number of allylic oxidation sites excluding steroid dienone is 1. The van der Waals surface area contributed by atoms with E-state index in [9.17, 15) is 5.11 Å². The summed E-state index contributed by atoms with van der Waals surface area (Å²) in [6.07, 6.45) is 15.4. The summed E-state index contributed by atoms with van der Waals surface area (Å²) in [4.78, 5) is 0. The van der Waals surface area contributed by atoms with Gasteiger partial charge in [0.25, 0.3) is 0 Å². The second kappa shape index (κ2) is 7.38. The monoisotopic (exact) mass is 390 g/mol. The van der Waals surface area contributed by atoms with E-state index in [1.807, 2.05) is 0 Å². The lowest BCUT2D eigenvalue weighted by Gasteiger charge is -2.54. The summed E-state index contributed by atoms with van der Waals surface area (Å²) in [5.74, 6) is 5.34. The van der Waals surface area contributed by atoms with Gasteiger partial charge < -0.3 is 5.11 Å². The summed E-state index contributed by atoms with van der Waals surface area (Å²) < 4.78 is 0.168. The highest BCUT2D eigenvalue weighted by atomic mass is 32.1. The molecule has 2 heteroatoms. The Balaban J connectivity index is 1.48. The minimum absolute atomic E-state index is 0.0642. The highest BCUT2D eigenvalue weighted by Gasteiger charge is 2.56. The van der Waals surface area contributed by atoms with Crippen LogP contribution < -0.4 is 0 Å². The van der Waals surface area contributed by atoms with Gasteiger partial charge in [-0.2, -0.15) is 12.6 Å². The van der Waals surface area contributed by atoms with E-state index >= 15 is 0 Å². The number of hydrogen-bond donors (Lipinski definition) is 2. The van der Waals surface area contributed by atoms with Crippen molar-refractivity contribution in [2.24, 2.45) is 40.9 Å². The molecule has 4 aliphatic carbocycles. The molecule has 27 heavy (non-hydrogen) atoms. The Labute approximate surface area is 173 Å². The van der Waals surface area contributed by atoms with Gasteiger partial charge in [-0.1, -0.05) is 39.3 Å². The Morgan fingerprint density at radius 3 is 2.70 bits per heavy atom. The molecule has 154 valence electrons. The van der Waals surface area contributed by atoms with E-state index in [1.165, 1.54) is 51.4 Å². The Morgan fingerprint density at radius 2 is 1.96 bits per heavy atom. The van der Waals surface area contributed by atoms with Gasteiger partial charge in [0.2, 0.25) is 0 Å². The Kier molecular flexibility index (Phi) is 5.56. The van der Waals surface area contributed by atoms with E-state index < -0.39 is 0 Å². The van der Waals surface area contributed by atoms with Gasteiger partial charge in [0.15, 0.2) is 0 Å². The molecular weight excluding hydrogens is 348 g/mol. The van der Waals surface area contributed by atoms with Crippen LogP contribution in [0.5, 0.6) is 0 Å². The zero-order chi connectivity index (χ0) is 19.4. The molecule has 3 saturated carbocycles. The predicted molar refractivity (Wildman–Crippen MR) is 118 cm³/mol. The number of aliphatic hydroxyl groups is 1. The SMILES string of the molecule is CC(CCC(C)(C)S)[C@H]1CCC2C3CC=C4C[C@@H](O)CC[C@@H]4C3CC[C@@]21C. The molecule has 1 nitrogen and oxygen atoms in total. The lowest BCUT2D eigenvalue weighted by Crippen LogP contribution is -2.47. The van der Waals surface area contributed by atoms with Crippen LogP contribution >= 0.6 is 12.6 Å². The standard InChI is InChI=1S/C25H42OS/c1-16(11-13-24(2,3)27)22-9-10-23-21-7-5-17-15-18(26)6-8-19(17)20(21)12-14-25(22,23)4/h5,16,18-23,26-27H,6-15H2,1-4H3/t16?,18-,19-,20?,21?,22+,23?,25+/m0/s1. The lowest BCUT2D eigenvalue weighted by atomic mass is 9.51. The molecule has 0 aliphatic heterocycles. The van der Waals surface area contributed by atoms with Crippen LogP contribution in [0.2, 0.25) is 0 Å². The normalized spacial score (nSPS) is 45.5. The molecule has 4 rings (SSSR count). The number of fused-ring (bicyclic) bond motifs is 5. The molecule has 3 fully saturated rings. The van der Waals surface area contributed by atoms with Crippen molar-refractivity contribution in [3.63, 3.8) is 0 Å². The van der Waals surface area contributed by atoms with Gasteiger partial charge in [0, 0.05) is 4.75 Å². The summed E-state index contributed by atoms with van der Waals surface area (Å²) >= 11 is 4.77. The van der Waals surface area contributed by atoms with Crippen molar-refractivity contribution in [1.82, 2.24) is 0 Å². The lowest BCUT2D eigenvalue weighted by molar-refractivity contribution is -0.0295. The van der Waals surface area contributed by atoms with Crippen molar-refractivity contribution in [3.05, 3.63) is 11.6 Å². The van der Waals surface area contributed by atoms with E-state index in [2.05, 4.69) is 33.8 Å². The molecule has 8 atom stereocenters. The Bertz CT molecular complexity index is 575. The third kappa shape index (κ3) is 3.79. The minimum atomic E-state index is -0.0642. The number of rotatable bonds is 4. The highest BCUT2D eigenvalue weighted by Crippen LogP contribution is 2.64. The molecule has 0 aromatic rings. The van der Waals surface area contributed by atoms with Crippen molar-refractivity contribution in [2.45, 2.75) is 103 Å². The van der Waals surface area contributed by atoms with E-state index in [-0.39, 0.29) is 10.9 Å². The molecular formula is C25H42OS. The first-order valence-corrected chi connectivity index (χ1v) is 12.2. The van der Waals surface area contributed by atoms with Crippen molar-refractivity contribution < 1.29 is 5.11 Å². The molecule has 0 spiro atoms. The maximum Gasteiger partial charge on any atom is 0.0577 e.